The van der Waals surface area contributed by atoms with E-state index in [-0.39, 0.29) is 0 Å². The number of hydrogen-bond donors (Lipinski definition) is 1. The van der Waals surface area contributed by atoms with Gasteiger partial charge in [-0.3, -0.25) is 0 Å². The largest absolute Gasteiger partial charge is 0.383 e. The van der Waals surface area contributed by atoms with E-state index in [0.29, 0.717) is 5.82 Å². The second kappa shape index (κ2) is 10.6. The molecule has 0 radical (unpaired) electrons. The van der Waals surface area contributed by atoms with Gasteiger partial charge in [-0.05, 0) is 79.0 Å². The third kappa shape index (κ3) is 5.60. The van der Waals surface area contributed by atoms with Crippen molar-refractivity contribution in [2.75, 3.05) is 5.73 Å². The van der Waals surface area contributed by atoms with E-state index in [0.717, 1.165) is 35.2 Å². The van der Waals surface area contributed by atoms with Crippen molar-refractivity contribution in [3.05, 3.63) is 89.3 Å². The van der Waals surface area contributed by atoms with E-state index in [1.165, 1.54) is 59.9 Å². The van der Waals surface area contributed by atoms with Gasteiger partial charge in [0.2, 0.25) is 0 Å². The van der Waals surface area contributed by atoms with Gasteiger partial charge in [-0.25, -0.2) is 9.97 Å². The number of hydrogen-bond acceptors (Lipinski definition) is 3. The van der Waals surface area contributed by atoms with Crippen LogP contribution < -0.4 is 5.73 Å². The van der Waals surface area contributed by atoms with Gasteiger partial charge in [-0.1, -0.05) is 80.3 Å². The lowest BCUT2D eigenvalue weighted by Crippen LogP contribution is -1.98. The number of anilines is 1. The zero-order chi connectivity index (χ0) is 23.2. The summed E-state index contributed by atoms with van der Waals surface area (Å²) >= 11 is 0. The maximum Gasteiger partial charge on any atom is 0.134 e. The van der Waals surface area contributed by atoms with Crippen LogP contribution in [0.25, 0.3) is 22.0 Å². The van der Waals surface area contributed by atoms with E-state index in [2.05, 4.69) is 85.4 Å². The Kier molecular flexibility index (Phi) is 7.39. The first-order valence-corrected chi connectivity index (χ1v) is 12.2. The molecule has 1 aromatic heterocycles. The van der Waals surface area contributed by atoms with Gasteiger partial charge in [-0.2, -0.15) is 0 Å². The van der Waals surface area contributed by atoms with Crippen molar-refractivity contribution < 1.29 is 0 Å². The predicted octanol–water partition coefficient (Wildman–Crippen LogP) is 7.79. The maximum atomic E-state index is 6.19. The molecule has 0 saturated heterocycles. The van der Waals surface area contributed by atoms with Gasteiger partial charge < -0.3 is 5.73 Å². The van der Waals surface area contributed by atoms with Crippen molar-refractivity contribution in [1.82, 2.24) is 9.97 Å². The van der Waals surface area contributed by atoms with Gasteiger partial charge in [0.15, 0.2) is 0 Å². The number of rotatable bonds is 9. The summed E-state index contributed by atoms with van der Waals surface area (Å²) in [6.07, 6.45) is 15.6. The molecule has 2 aromatic carbocycles. The molecule has 3 heteroatoms. The summed E-state index contributed by atoms with van der Waals surface area (Å²) < 4.78 is 0. The maximum absolute atomic E-state index is 6.19. The third-order valence-electron chi connectivity index (χ3n) is 6.65. The fourth-order valence-electron chi connectivity index (χ4n) is 4.45. The molecule has 1 fully saturated rings. The average Bonchev–Trinajstić information content (AvgIpc) is 3.66. The Labute approximate surface area is 198 Å². The van der Waals surface area contributed by atoms with Crippen LogP contribution in [0.2, 0.25) is 0 Å². The SMILES string of the molecule is C\C=C/C=C(\C(=C(/C)CC)c1cccc(CCCC2CC2)c1)c1ccc2ncnc(N)c2c1. The zero-order valence-electron chi connectivity index (χ0n) is 20.1. The van der Waals surface area contributed by atoms with E-state index < -0.39 is 0 Å². The van der Waals surface area contributed by atoms with Crippen LogP contribution in [0.5, 0.6) is 0 Å². The minimum absolute atomic E-state index is 0.516. The van der Waals surface area contributed by atoms with E-state index in [1.54, 1.807) is 0 Å². The smallest absolute Gasteiger partial charge is 0.134 e. The minimum atomic E-state index is 0.516. The topological polar surface area (TPSA) is 51.8 Å². The molecular weight excluding hydrogens is 402 g/mol. The zero-order valence-corrected chi connectivity index (χ0v) is 20.1. The molecule has 170 valence electrons. The Morgan fingerprint density at radius 1 is 1.09 bits per heavy atom. The van der Waals surface area contributed by atoms with Crippen LogP contribution in [0.3, 0.4) is 0 Å². The van der Waals surface area contributed by atoms with Crippen LogP contribution in [0.15, 0.2) is 72.6 Å². The molecular formula is C30H35N3. The molecule has 1 heterocycles. The molecule has 33 heavy (non-hydrogen) atoms. The number of allylic oxidation sites excluding steroid dienone is 6. The number of nitrogens with two attached hydrogens (primary N) is 1. The molecule has 0 bridgehead atoms. The molecule has 1 saturated carbocycles. The molecule has 2 N–H and O–H groups in total. The molecule has 3 nitrogen and oxygen atoms in total. The van der Waals surface area contributed by atoms with Crippen LogP contribution in [0.1, 0.15) is 69.6 Å². The Balaban J connectivity index is 1.77. The third-order valence-corrected chi connectivity index (χ3v) is 6.65. The van der Waals surface area contributed by atoms with Gasteiger partial charge >= 0.3 is 0 Å². The van der Waals surface area contributed by atoms with Gasteiger partial charge in [0, 0.05) is 5.39 Å². The van der Waals surface area contributed by atoms with Crippen LogP contribution in [0, 0.1) is 5.92 Å². The monoisotopic (exact) mass is 437 g/mol. The summed E-state index contributed by atoms with van der Waals surface area (Å²) in [6, 6.07) is 15.4. The fraction of sp³-hybridized carbons (Fsp3) is 0.333. The first-order chi connectivity index (χ1) is 16.1. The molecule has 0 atom stereocenters. The predicted molar refractivity (Wildman–Crippen MR) is 142 cm³/mol. The van der Waals surface area contributed by atoms with Crippen molar-refractivity contribution in [2.45, 2.75) is 59.3 Å². The minimum Gasteiger partial charge on any atom is -0.383 e. The van der Waals surface area contributed by atoms with Crippen LogP contribution in [-0.4, -0.2) is 9.97 Å². The highest BCUT2D eigenvalue weighted by molar-refractivity contribution is 6.08. The second-order valence-corrected chi connectivity index (χ2v) is 9.14. The number of benzene rings is 2. The summed E-state index contributed by atoms with van der Waals surface area (Å²) in [7, 11) is 0. The Bertz CT molecular complexity index is 1210. The highest BCUT2D eigenvalue weighted by atomic mass is 14.9. The highest BCUT2D eigenvalue weighted by Crippen LogP contribution is 2.37. The summed E-state index contributed by atoms with van der Waals surface area (Å²) in [5.74, 6) is 1.51. The lowest BCUT2D eigenvalue weighted by atomic mass is 9.86. The van der Waals surface area contributed by atoms with E-state index in [9.17, 15) is 0 Å². The van der Waals surface area contributed by atoms with Crippen LogP contribution in [-0.2, 0) is 6.42 Å². The number of nitrogens with zero attached hydrogens (tertiary/aromatic N) is 2. The summed E-state index contributed by atoms with van der Waals surface area (Å²) in [6.45, 7) is 6.53. The highest BCUT2D eigenvalue weighted by Gasteiger charge is 2.20. The Morgan fingerprint density at radius 3 is 2.70 bits per heavy atom. The summed E-state index contributed by atoms with van der Waals surface area (Å²) in [5.41, 5.74) is 14.8. The van der Waals surface area contributed by atoms with Gasteiger partial charge in [-0.15, -0.1) is 0 Å². The first kappa shape index (κ1) is 23.0. The molecule has 3 aromatic rings. The molecule has 0 amide bonds. The van der Waals surface area contributed by atoms with Crippen molar-refractivity contribution in [3.8, 4) is 0 Å². The Hall–Kier alpha value is -3.20. The molecule has 0 unspecified atom stereocenters. The molecule has 0 aliphatic heterocycles. The molecule has 1 aliphatic rings. The Morgan fingerprint density at radius 2 is 1.94 bits per heavy atom. The number of fused-ring (bicyclic) bond motifs is 1. The fourth-order valence-corrected chi connectivity index (χ4v) is 4.45. The standard InChI is InChI=1S/C30H35N3/c1-4-6-13-26(24-16-17-28-27(19-24)30(31)33-20-32-28)29(21(3)5-2)25-12-8-11-23(18-25)10-7-9-22-14-15-22/h4,6,8,11-13,16-20,22H,5,7,9-10,14-15H2,1-3H3,(H2,31,32,33)/b6-4-,26-13-,29-21+. The van der Waals surface area contributed by atoms with E-state index in [1.807, 2.05) is 6.07 Å². The van der Waals surface area contributed by atoms with Gasteiger partial charge in [0.25, 0.3) is 0 Å². The van der Waals surface area contributed by atoms with Crippen molar-refractivity contribution in [2.24, 2.45) is 5.92 Å². The van der Waals surface area contributed by atoms with Crippen LogP contribution >= 0.6 is 0 Å². The van der Waals surface area contributed by atoms with E-state index >= 15 is 0 Å². The van der Waals surface area contributed by atoms with Gasteiger partial charge in [0.1, 0.15) is 12.1 Å². The van der Waals surface area contributed by atoms with Crippen LogP contribution in [0.4, 0.5) is 5.82 Å². The quantitative estimate of drug-likeness (QED) is 0.348. The summed E-state index contributed by atoms with van der Waals surface area (Å²) in [4.78, 5) is 8.58. The average molecular weight is 438 g/mol. The normalized spacial score (nSPS) is 15.3. The summed E-state index contributed by atoms with van der Waals surface area (Å²) in [5, 5.41) is 0.892. The number of nitrogen functional groups attached to an aromatic ring is 1. The lowest BCUT2D eigenvalue weighted by molar-refractivity contribution is 0.666. The van der Waals surface area contributed by atoms with E-state index in [4.69, 9.17) is 5.73 Å². The molecule has 4 rings (SSSR count). The van der Waals surface area contributed by atoms with Crippen molar-refractivity contribution in [1.29, 1.82) is 0 Å². The lowest BCUT2D eigenvalue weighted by Gasteiger charge is -2.18. The van der Waals surface area contributed by atoms with Gasteiger partial charge in [0.05, 0.1) is 5.52 Å². The molecule has 0 spiro atoms. The van der Waals surface area contributed by atoms with Crippen molar-refractivity contribution in [3.63, 3.8) is 0 Å². The second-order valence-electron chi connectivity index (χ2n) is 9.14. The first-order valence-electron chi connectivity index (χ1n) is 12.2. The van der Waals surface area contributed by atoms with Crippen molar-refractivity contribution >= 4 is 27.9 Å². The number of aryl methyl sites for hydroxylation is 1. The molecule has 1 aliphatic carbocycles. The number of aromatic nitrogens is 2.